The second kappa shape index (κ2) is 10.7. The molecule has 2 heterocycles. The predicted molar refractivity (Wildman–Crippen MR) is 137 cm³/mol. The zero-order valence-electron chi connectivity index (χ0n) is 19.5. The van der Waals surface area contributed by atoms with Crippen molar-refractivity contribution < 1.29 is 24.3 Å². The van der Waals surface area contributed by atoms with Gasteiger partial charge in [0.1, 0.15) is 17.4 Å². The molecule has 2 fully saturated rings. The van der Waals surface area contributed by atoms with Crippen LogP contribution >= 0.6 is 23.2 Å². The quantitative estimate of drug-likeness (QED) is 0.208. The summed E-state index contributed by atoms with van der Waals surface area (Å²) in [6.45, 7) is 2.16. The van der Waals surface area contributed by atoms with Crippen molar-refractivity contribution in [1.82, 2.24) is 10.2 Å². The summed E-state index contributed by atoms with van der Waals surface area (Å²) in [5.74, 6) is -0.00748. The van der Waals surface area contributed by atoms with Crippen LogP contribution in [0.2, 0.25) is 10.0 Å². The van der Waals surface area contributed by atoms with Gasteiger partial charge >= 0.3 is 0 Å². The molecule has 36 heavy (non-hydrogen) atoms. The molecule has 2 unspecified atom stereocenters. The lowest BCUT2D eigenvalue weighted by molar-refractivity contribution is -0.116. The number of aliphatic hydroxyl groups excluding tert-OH is 1. The lowest BCUT2D eigenvalue weighted by atomic mass is 10.0. The number of amides is 1. The van der Waals surface area contributed by atoms with Crippen LogP contribution in [0.3, 0.4) is 0 Å². The lowest BCUT2D eigenvalue weighted by Gasteiger charge is -2.29. The molecule has 3 N–H and O–H groups in total. The highest BCUT2D eigenvalue weighted by atomic mass is 35.5. The van der Waals surface area contributed by atoms with Crippen molar-refractivity contribution >= 4 is 45.8 Å². The van der Waals surface area contributed by atoms with E-state index in [0.29, 0.717) is 38.9 Å². The van der Waals surface area contributed by atoms with Crippen molar-refractivity contribution in [3.8, 4) is 5.75 Å². The first kappa shape index (κ1) is 24.9. The second-order valence-electron chi connectivity index (χ2n) is 9.28. The van der Waals surface area contributed by atoms with Crippen LogP contribution in [-0.2, 0) is 4.79 Å². The number of halogens is 2. The van der Waals surface area contributed by atoms with Crippen LogP contribution in [0.15, 0.2) is 52.0 Å². The maximum absolute atomic E-state index is 13.2. The number of benzene rings is 2. The van der Waals surface area contributed by atoms with Gasteiger partial charge in [-0.15, -0.1) is 0 Å². The van der Waals surface area contributed by atoms with Gasteiger partial charge < -0.3 is 29.7 Å². The van der Waals surface area contributed by atoms with E-state index in [9.17, 15) is 15.1 Å². The Labute approximate surface area is 218 Å². The van der Waals surface area contributed by atoms with Crippen molar-refractivity contribution in [3.05, 3.63) is 63.8 Å². The molecule has 2 aliphatic rings. The van der Waals surface area contributed by atoms with Gasteiger partial charge in [0.25, 0.3) is 5.91 Å². The number of aliphatic hydroxyl groups is 1. The zero-order valence-corrected chi connectivity index (χ0v) is 21.0. The molecule has 190 valence electrons. The largest absolute Gasteiger partial charge is 0.489 e. The SMILES string of the molecule is O=C(NC(CN1CCCC1)C(O)c1ccc(OC2CC2)c(Cl)c1)/C(=N/O)c1cc2cc(Cl)ccc2o1. The van der Waals surface area contributed by atoms with Gasteiger partial charge in [-0.25, -0.2) is 0 Å². The summed E-state index contributed by atoms with van der Waals surface area (Å²) >= 11 is 12.5. The molecule has 1 saturated heterocycles. The van der Waals surface area contributed by atoms with Gasteiger partial charge in [-0.1, -0.05) is 34.4 Å². The van der Waals surface area contributed by atoms with Crippen LogP contribution < -0.4 is 10.1 Å². The average Bonchev–Trinajstić information content (AvgIpc) is 3.34. The van der Waals surface area contributed by atoms with Gasteiger partial charge in [0, 0.05) is 17.0 Å². The smallest absolute Gasteiger partial charge is 0.277 e. The van der Waals surface area contributed by atoms with Crippen molar-refractivity contribution in [2.75, 3.05) is 19.6 Å². The first-order chi connectivity index (χ1) is 17.4. The van der Waals surface area contributed by atoms with Crippen LogP contribution in [0.1, 0.15) is 43.1 Å². The van der Waals surface area contributed by atoms with Gasteiger partial charge in [-0.3, -0.25) is 4.79 Å². The lowest BCUT2D eigenvalue weighted by Crippen LogP contribution is -2.48. The van der Waals surface area contributed by atoms with Crippen molar-refractivity contribution in [1.29, 1.82) is 0 Å². The number of nitrogens with zero attached hydrogens (tertiary/aromatic N) is 2. The minimum absolute atomic E-state index is 0.0892. The Kier molecular flexibility index (Phi) is 7.39. The number of hydrogen-bond acceptors (Lipinski definition) is 7. The Morgan fingerprint density at radius 1 is 1.17 bits per heavy atom. The molecule has 1 saturated carbocycles. The molecule has 2 aromatic carbocycles. The Balaban J connectivity index is 1.37. The molecule has 0 radical (unpaired) electrons. The van der Waals surface area contributed by atoms with Crippen LogP contribution in [0.25, 0.3) is 11.0 Å². The van der Waals surface area contributed by atoms with E-state index in [1.54, 1.807) is 42.5 Å². The van der Waals surface area contributed by atoms with E-state index in [1.807, 2.05) is 0 Å². The topological polar surface area (TPSA) is 108 Å². The van der Waals surface area contributed by atoms with E-state index in [2.05, 4.69) is 15.4 Å². The van der Waals surface area contributed by atoms with E-state index >= 15 is 0 Å². The molecule has 3 aromatic rings. The molecule has 1 aliphatic carbocycles. The molecular formula is C26H27Cl2N3O5. The third kappa shape index (κ3) is 5.62. The fourth-order valence-corrected chi connectivity index (χ4v) is 4.85. The number of ether oxygens (including phenoxy) is 1. The maximum Gasteiger partial charge on any atom is 0.277 e. The van der Waals surface area contributed by atoms with Crippen LogP contribution in [0.4, 0.5) is 0 Å². The summed E-state index contributed by atoms with van der Waals surface area (Å²) in [5, 5.41) is 28.6. The highest BCUT2D eigenvalue weighted by Crippen LogP contribution is 2.34. The van der Waals surface area contributed by atoms with Gasteiger partial charge in [0.05, 0.1) is 17.2 Å². The third-order valence-electron chi connectivity index (χ3n) is 6.49. The van der Waals surface area contributed by atoms with E-state index in [4.69, 9.17) is 32.4 Å². The van der Waals surface area contributed by atoms with E-state index in [0.717, 1.165) is 38.8 Å². The monoisotopic (exact) mass is 531 g/mol. The second-order valence-corrected chi connectivity index (χ2v) is 10.1. The standard InChI is InChI=1S/C26H27Cl2N3O5/c27-17-4-8-21-16(11-17)13-23(36-21)24(30-34)26(33)29-20(14-31-9-1-2-10-31)25(32)15-3-7-22(19(28)12-15)35-18-5-6-18/h3-4,7-8,11-13,18,20,25,32,34H,1-2,5-6,9-10,14H2,(H,29,33)/b30-24+. The molecular weight excluding hydrogens is 505 g/mol. The maximum atomic E-state index is 13.2. The molecule has 1 aliphatic heterocycles. The number of furan rings is 1. The molecule has 1 amide bonds. The van der Waals surface area contributed by atoms with Gasteiger partial charge in [-0.05, 0) is 80.7 Å². The third-order valence-corrected chi connectivity index (χ3v) is 7.02. The van der Waals surface area contributed by atoms with Crippen LogP contribution in [0.5, 0.6) is 5.75 Å². The number of likely N-dealkylation sites (tertiary alicyclic amines) is 1. The number of oxime groups is 1. The summed E-state index contributed by atoms with van der Waals surface area (Å²) in [7, 11) is 0. The Hall–Kier alpha value is -2.78. The van der Waals surface area contributed by atoms with Crippen LogP contribution in [0, 0.1) is 0 Å². The molecule has 2 atom stereocenters. The molecule has 8 nitrogen and oxygen atoms in total. The number of carbonyl (C=O) groups excluding carboxylic acids is 1. The number of carbonyl (C=O) groups is 1. The number of hydrogen-bond donors (Lipinski definition) is 3. The summed E-state index contributed by atoms with van der Waals surface area (Å²) in [6, 6.07) is 11.1. The molecule has 0 bridgehead atoms. The zero-order chi connectivity index (χ0) is 25.2. The summed E-state index contributed by atoms with van der Waals surface area (Å²) < 4.78 is 11.5. The number of nitrogens with one attached hydrogen (secondary N) is 1. The Bertz CT molecular complexity index is 1280. The molecule has 0 spiro atoms. The Morgan fingerprint density at radius 2 is 1.94 bits per heavy atom. The highest BCUT2D eigenvalue weighted by molar-refractivity contribution is 6.44. The summed E-state index contributed by atoms with van der Waals surface area (Å²) in [5.41, 5.74) is 0.751. The Morgan fingerprint density at radius 3 is 2.64 bits per heavy atom. The first-order valence-corrected chi connectivity index (χ1v) is 12.8. The van der Waals surface area contributed by atoms with Crippen molar-refractivity contribution in [2.45, 2.75) is 43.9 Å². The van der Waals surface area contributed by atoms with Crippen molar-refractivity contribution in [3.63, 3.8) is 0 Å². The number of rotatable bonds is 9. The highest BCUT2D eigenvalue weighted by Gasteiger charge is 2.30. The normalized spacial score (nSPS) is 18.4. The average molecular weight is 532 g/mol. The van der Waals surface area contributed by atoms with Crippen LogP contribution in [-0.4, -0.2) is 58.6 Å². The fraction of sp³-hybridized carbons (Fsp3) is 0.385. The van der Waals surface area contributed by atoms with E-state index < -0.39 is 18.1 Å². The summed E-state index contributed by atoms with van der Waals surface area (Å²) in [4.78, 5) is 15.4. The van der Waals surface area contributed by atoms with Gasteiger partial charge in [-0.2, -0.15) is 0 Å². The van der Waals surface area contributed by atoms with E-state index in [1.165, 1.54) is 0 Å². The predicted octanol–water partition coefficient (Wildman–Crippen LogP) is 4.77. The first-order valence-electron chi connectivity index (χ1n) is 12.0. The molecule has 1 aromatic heterocycles. The fourth-order valence-electron chi connectivity index (χ4n) is 4.44. The molecule has 10 heteroatoms. The van der Waals surface area contributed by atoms with Crippen molar-refractivity contribution in [2.24, 2.45) is 5.16 Å². The summed E-state index contributed by atoms with van der Waals surface area (Å²) in [6.07, 6.45) is 3.28. The number of fused-ring (bicyclic) bond motifs is 1. The minimum atomic E-state index is -1.06. The molecule has 5 rings (SSSR count). The van der Waals surface area contributed by atoms with Gasteiger partial charge in [0.2, 0.25) is 5.71 Å². The van der Waals surface area contributed by atoms with Gasteiger partial charge in [0.15, 0.2) is 5.76 Å². The van der Waals surface area contributed by atoms with E-state index in [-0.39, 0.29) is 17.6 Å². The minimum Gasteiger partial charge on any atom is -0.489 e.